The van der Waals surface area contributed by atoms with Crippen molar-refractivity contribution in [3.05, 3.63) is 104 Å². The first-order valence-corrected chi connectivity index (χ1v) is 12.8. The van der Waals surface area contributed by atoms with Gasteiger partial charge in [-0.2, -0.15) is 0 Å². The van der Waals surface area contributed by atoms with E-state index in [4.69, 9.17) is 44.3 Å². The lowest BCUT2D eigenvalue weighted by Crippen LogP contribution is -2.27. The molecule has 0 fully saturated rings. The Morgan fingerprint density at radius 2 is 1.65 bits per heavy atom. The summed E-state index contributed by atoms with van der Waals surface area (Å²) in [5.74, 6) is 0.291. The molecule has 0 radical (unpaired) electrons. The third kappa shape index (κ3) is 5.14. The average Bonchev–Trinajstić information content (AvgIpc) is 3.14. The van der Waals surface area contributed by atoms with E-state index in [0.29, 0.717) is 29.6 Å². The predicted octanol–water partition coefficient (Wildman–Crippen LogP) is 8.09. The topological polar surface area (TPSA) is 45.4 Å². The standard InChI is InChI=1S/C28H22Cl3FN2O3/c1-17(18-7-6-8-19(29)13-18)16-36-23-9-2-3-10-24(23)37-25-14-20(22(32)15-21(25)30)26-27(31)33-11-4-5-12-34(33)28(26)35/h2-3,6-10,13-15H,1,4-5,11-12,16H2. The fraction of sp³-hybridized carbons (Fsp3) is 0.179. The van der Waals surface area contributed by atoms with E-state index in [9.17, 15) is 4.79 Å². The summed E-state index contributed by atoms with van der Waals surface area (Å²) >= 11 is 19.0. The minimum atomic E-state index is -0.665. The van der Waals surface area contributed by atoms with Crippen LogP contribution in [0.4, 0.5) is 4.39 Å². The Morgan fingerprint density at radius 1 is 0.919 bits per heavy atom. The van der Waals surface area contributed by atoms with Crippen LogP contribution in [0, 0.1) is 5.82 Å². The van der Waals surface area contributed by atoms with E-state index in [-0.39, 0.29) is 39.2 Å². The third-order valence-corrected chi connectivity index (χ3v) is 7.07. The van der Waals surface area contributed by atoms with Gasteiger partial charge in [-0.05, 0) is 60.4 Å². The van der Waals surface area contributed by atoms with Crippen molar-refractivity contribution in [2.45, 2.75) is 25.9 Å². The summed E-state index contributed by atoms with van der Waals surface area (Å²) in [6.45, 7) is 5.39. The monoisotopic (exact) mass is 558 g/mol. The molecule has 0 atom stereocenters. The van der Waals surface area contributed by atoms with Gasteiger partial charge in [0.1, 0.15) is 23.3 Å². The van der Waals surface area contributed by atoms with E-state index in [1.165, 1.54) is 6.07 Å². The number of hydrogen-bond donors (Lipinski definition) is 0. The van der Waals surface area contributed by atoms with Crippen molar-refractivity contribution in [3.63, 3.8) is 0 Å². The van der Waals surface area contributed by atoms with Crippen molar-refractivity contribution in [2.75, 3.05) is 6.61 Å². The Balaban J connectivity index is 1.44. The smallest absolute Gasteiger partial charge is 0.276 e. The molecule has 9 heteroatoms. The van der Waals surface area contributed by atoms with E-state index < -0.39 is 5.82 Å². The van der Waals surface area contributed by atoms with Crippen LogP contribution in [0.2, 0.25) is 15.2 Å². The van der Waals surface area contributed by atoms with Gasteiger partial charge < -0.3 is 9.47 Å². The summed E-state index contributed by atoms with van der Waals surface area (Å²) in [7, 11) is 0. The van der Waals surface area contributed by atoms with E-state index in [2.05, 4.69) is 6.58 Å². The largest absolute Gasteiger partial charge is 0.485 e. The molecule has 0 spiro atoms. The normalized spacial score (nSPS) is 12.8. The van der Waals surface area contributed by atoms with E-state index >= 15 is 4.39 Å². The molecule has 37 heavy (non-hydrogen) atoms. The number of hydrogen-bond acceptors (Lipinski definition) is 3. The lowest BCUT2D eigenvalue weighted by Gasteiger charge is -2.17. The number of aromatic nitrogens is 2. The lowest BCUT2D eigenvalue weighted by molar-refractivity contribution is 0.345. The molecular weight excluding hydrogens is 538 g/mol. The Hall–Kier alpha value is -3.19. The van der Waals surface area contributed by atoms with Crippen LogP contribution >= 0.6 is 34.8 Å². The van der Waals surface area contributed by atoms with Crippen molar-refractivity contribution in [2.24, 2.45) is 0 Å². The summed E-state index contributed by atoms with van der Waals surface area (Å²) in [5.41, 5.74) is 1.35. The van der Waals surface area contributed by atoms with Crippen molar-refractivity contribution < 1.29 is 13.9 Å². The highest BCUT2D eigenvalue weighted by Crippen LogP contribution is 2.40. The highest BCUT2D eigenvalue weighted by Gasteiger charge is 2.25. The Kier molecular flexibility index (Phi) is 7.33. The molecule has 1 aliphatic heterocycles. The van der Waals surface area contributed by atoms with Gasteiger partial charge in [0.25, 0.3) is 5.56 Å². The summed E-state index contributed by atoms with van der Waals surface area (Å²) in [6, 6.07) is 16.9. The SMILES string of the molecule is C=C(COc1ccccc1Oc1cc(-c2c(Cl)n3n(c2=O)CCCC3)c(F)cc1Cl)c1cccc(Cl)c1. The minimum absolute atomic E-state index is 0.0246. The summed E-state index contributed by atoms with van der Waals surface area (Å²) < 4.78 is 30.3. The molecular formula is C28H22Cl3FN2O3. The first-order valence-electron chi connectivity index (χ1n) is 11.7. The van der Waals surface area contributed by atoms with Crippen molar-refractivity contribution >= 4 is 40.4 Å². The van der Waals surface area contributed by atoms with Gasteiger partial charge in [0.05, 0.1) is 10.6 Å². The van der Waals surface area contributed by atoms with Gasteiger partial charge in [-0.15, -0.1) is 0 Å². The quantitative estimate of drug-likeness (QED) is 0.230. The van der Waals surface area contributed by atoms with Crippen LogP contribution in [0.1, 0.15) is 18.4 Å². The van der Waals surface area contributed by atoms with E-state index in [0.717, 1.165) is 30.0 Å². The molecule has 5 rings (SSSR count). The Bertz CT molecular complexity index is 1560. The van der Waals surface area contributed by atoms with Crippen molar-refractivity contribution in [1.82, 2.24) is 9.36 Å². The number of benzene rings is 3. The zero-order valence-corrected chi connectivity index (χ0v) is 21.9. The number of fused-ring (bicyclic) bond motifs is 1. The maximum Gasteiger partial charge on any atom is 0.276 e. The Morgan fingerprint density at radius 3 is 2.38 bits per heavy atom. The molecule has 0 unspecified atom stereocenters. The van der Waals surface area contributed by atoms with Gasteiger partial charge in [-0.25, -0.2) is 9.07 Å². The van der Waals surface area contributed by atoms with Crippen LogP contribution in [-0.2, 0) is 13.1 Å². The van der Waals surface area contributed by atoms with Crippen LogP contribution in [0.3, 0.4) is 0 Å². The third-order valence-electron chi connectivity index (χ3n) is 6.16. The maximum atomic E-state index is 15.1. The van der Waals surface area contributed by atoms with Crippen LogP contribution in [0.5, 0.6) is 17.2 Å². The molecule has 0 aliphatic carbocycles. The molecule has 1 aromatic heterocycles. The molecule has 0 saturated heterocycles. The zero-order valence-electron chi connectivity index (χ0n) is 19.6. The van der Waals surface area contributed by atoms with Crippen LogP contribution < -0.4 is 15.0 Å². The van der Waals surface area contributed by atoms with E-state index in [1.807, 2.05) is 18.2 Å². The van der Waals surface area contributed by atoms with Gasteiger partial charge in [-0.1, -0.05) is 65.6 Å². The second-order valence-electron chi connectivity index (χ2n) is 8.64. The van der Waals surface area contributed by atoms with Gasteiger partial charge >= 0.3 is 0 Å². The highest BCUT2D eigenvalue weighted by molar-refractivity contribution is 6.33. The molecule has 3 aromatic carbocycles. The van der Waals surface area contributed by atoms with Crippen LogP contribution in [-0.4, -0.2) is 16.0 Å². The molecule has 2 heterocycles. The molecule has 0 bridgehead atoms. The molecule has 0 N–H and O–H groups in total. The second kappa shape index (κ2) is 10.7. The molecule has 0 saturated carbocycles. The summed E-state index contributed by atoms with van der Waals surface area (Å²) in [6.07, 6.45) is 1.75. The van der Waals surface area contributed by atoms with Crippen LogP contribution in [0.15, 0.2) is 72.0 Å². The van der Waals surface area contributed by atoms with Gasteiger partial charge in [0.15, 0.2) is 11.5 Å². The number of nitrogens with zero attached hydrogens (tertiary/aromatic N) is 2. The van der Waals surface area contributed by atoms with Crippen LogP contribution in [0.25, 0.3) is 16.7 Å². The van der Waals surface area contributed by atoms with Crippen molar-refractivity contribution in [3.8, 4) is 28.4 Å². The second-order valence-corrected chi connectivity index (χ2v) is 9.84. The van der Waals surface area contributed by atoms with Gasteiger partial charge in [0, 0.05) is 23.7 Å². The number of halogens is 4. The predicted molar refractivity (Wildman–Crippen MR) is 146 cm³/mol. The summed E-state index contributed by atoms with van der Waals surface area (Å²) in [5, 5.41) is 0.840. The minimum Gasteiger partial charge on any atom is -0.485 e. The molecule has 5 nitrogen and oxygen atoms in total. The van der Waals surface area contributed by atoms with Gasteiger partial charge in [0.2, 0.25) is 0 Å². The maximum absolute atomic E-state index is 15.1. The molecule has 190 valence electrons. The first-order chi connectivity index (χ1) is 17.8. The number of ether oxygens (including phenoxy) is 2. The molecule has 1 aliphatic rings. The summed E-state index contributed by atoms with van der Waals surface area (Å²) in [4.78, 5) is 13.1. The number of para-hydroxylation sites is 2. The van der Waals surface area contributed by atoms with Crippen molar-refractivity contribution in [1.29, 1.82) is 0 Å². The fourth-order valence-corrected chi connectivity index (χ4v) is 5.02. The fourth-order valence-electron chi connectivity index (χ4n) is 4.28. The lowest BCUT2D eigenvalue weighted by atomic mass is 10.1. The first kappa shape index (κ1) is 25.5. The Labute approximate surface area is 228 Å². The average molecular weight is 560 g/mol. The molecule has 0 amide bonds. The molecule has 4 aromatic rings. The van der Waals surface area contributed by atoms with Gasteiger partial charge in [-0.3, -0.25) is 9.48 Å². The highest BCUT2D eigenvalue weighted by atomic mass is 35.5. The zero-order chi connectivity index (χ0) is 26.1. The van der Waals surface area contributed by atoms with E-state index in [1.54, 1.807) is 39.7 Å². The number of rotatable bonds is 7.